The molecule has 2 N–H and O–H groups in total. The van der Waals surface area contributed by atoms with E-state index in [0.29, 0.717) is 5.69 Å². The average molecular weight is 402 g/mol. The van der Waals surface area contributed by atoms with E-state index in [-0.39, 0.29) is 17.6 Å². The highest BCUT2D eigenvalue weighted by atomic mass is 19.1. The summed E-state index contributed by atoms with van der Waals surface area (Å²) >= 11 is 0. The minimum Gasteiger partial charge on any atom is -0.508 e. The molecule has 2 atom stereocenters. The molecule has 0 saturated carbocycles. The molecule has 150 valence electrons. The highest BCUT2D eigenvalue weighted by Crippen LogP contribution is 2.39. The van der Waals surface area contributed by atoms with Gasteiger partial charge in [0.25, 0.3) is 5.91 Å². The van der Waals surface area contributed by atoms with Gasteiger partial charge in [-0.25, -0.2) is 4.39 Å². The number of phenols is 1. The maximum absolute atomic E-state index is 13.3. The summed E-state index contributed by atoms with van der Waals surface area (Å²) in [5.41, 5.74) is 2.15. The van der Waals surface area contributed by atoms with Crippen LogP contribution in [0.25, 0.3) is 6.08 Å². The van der Waals surface area contributed by atoms with Crippen LogP contribution in [-0.4, -0.2) is 23.0 Å². The van der Waals surface area contributed by atoms with Gasteiger partial charge < -0.3 is 15.3 Å². The third-order valence-corrected chi connectivity index (χ3v) is 4.96. The maximum atomic E-state index is 13.3. The Morgan fingerprint density at radius 3 is 2.30 bits per heavy atom. The second-order valence-corrected chi connectivity index (χ2v) is 6.95. The molecule has 0 aliphatic carbocycles. The maximum Gasteiger partial charge on any atom is 0.252 e. The summed E-state index contributed by atoms with van der Waals surface area (Å²) in [5, 5.41) is 12.3. The highest BCUT2D eigenvalue weighted by Gasteiger charge is 2.49. The van der Waals surface area contributed by atoms with E-state index in [1.807, 2.05) is 30.3 Å². The molecule has 0 unspecified atom stereocenters. The predicted molar refractivity (Wildman–Crippen MR) is 112 cm³/mol. The van der Waals surface area contributed by atoms with Gasteiger partial charge in [0.2, 0.25) is 5.91 Å². The van der Waals surface area contributed by atoms with Gasteiger partial charge in [0, 0.05) is 11.8 Å². The Labute approximate surface area is 173 Å². The van der Waals surface area contributed by atoms with Crippen molar-refractivity contribution in [1.29, 1.82) is 0 Å². The molecular weight excluding hydrogens is 383 g/mol. The van der Waals surface area contributed by atoms with E-state index in [9.17, 15) is 19.1 Å². The van der Waals surface area contributed by atoms with Crippen molar-refractivity contribution in [2.75, 3.05) is 4.90 Å². The summed E-state index contributed by atoms with van der Waals surface area (Å²) in [4.78, 5) is 26.8. The van der Waals surface area contributed by atoms with E-state index in [4.69, 9.17) is 0 Å². The second-order valence-electron chi connectivity index (χ2n) is 6.95. The Hall–Kier alpha value is -3.93. The topological polar surface area (TPSA) is 69.6 Å². The molecule has 6 heteroatoms. The highest BCUT2D eigenvalue weighted by molar-refractivity contribution is 6.08. The molecule has 1 saturated heterocycles. The minimum absolute atomic E-state index is 0.101. The minimum atomic E-state index is -0.771. The van der Waals surface area contributed by atoms with E-state index >= 15 is 0 Å². The molecule has 0 aromatic heterocycles. The number of phenolic OH excluding ortho intramolecular Hbond substituents is 1. The number of benzene rings is 3. The first-order chi connectivity index (χ1) is 14.5. The molecule has 1 fully saturated rings. The van der Waals surface area contributed by atoms with Crippen LogP contribution in [0, 0.1) is 5.82 Å². The van der Waals surface area contributed by atoms with Gasteiger partial charge in [-0.15, -0.1) is 0 Å². The summed E-state index contributed by atoms with van der Waals surface area (Å²) in [6.07, 6.45) is 3.06. The quantitative estimate of drug-likeness (QED) is 0.504. The zero-order valence-corrected chi connectivity index (χ0v) is 15.9. The van der Waals surface area contributed by atoms with E-state index in [2.05, 4.69) is 5.32 Å². The van der Waals surface area contributed by atoms with Crippen molar-refractivity contribution in [2.24, 2.45) is 0 Å². The number of nitrogens with zero attached hydrogens (tertiary/aromatic N) is 1. The lowest BCUT2D eigenvalue weighted by molar-refractivity contribution is -0.131. The Kier molecular flexibility index (Phi) is 5.30. The standard InChI is InChI=1S/C24H19FN2O3/c25-18-9-11-19(12-10-18)27-23(17-7-13-20(28)14-8-17)22(24(27)30)26-21(29)15-6-16-4-2-1-3-5-16/h1-15,22-23,28H,(H,26,29)/t22-,23-/m1/s1. The molecule has 3 aromatic carbocycles. The summed E-state index contributed by atoms with van der Waals surface area (Å²) < 4.78 is 13.3. The number of aromatic hydroxyl groups is 1. The molecule has 0 bridgehead atoms. The molecule has 30 heavy (non-hydrogen) atoms. The molecule has 1 heterocycles. The van der Waals surface area contributed by atoms with E-state index in [1.165, 1.54) is 47.4 Å². The number of hydrogen-bond donors (Lipinski definition) is 2. The lowest BCUT2D eigenvalue weighted by atomic mass is 9.87. The molecule has 4 rings (SSSR count). The van der Waals surface area contributed by atoms with Crippen LogP contribution in [0.5, 0.6) is 5.75 Å². The van der Waals surface area contributed by atoms with Crippen molar-refractivity contribution in [3.05, 3.63) is 102 Å². The Morgan fingerprint density at radius 2 is 1.63 bits per heavy atom. The lowest BCUT2D eigenvalue weighted by Gasteiger charge is -2.47. The van der Waals surface area contributed by atoms with Crippen LogP contribution in [-0.2, 0) is 9.59 Å². The van der Waals surface area contributed by atoms with Crippen molar-refractivity contribution in [3.63, 3.8) is 0 Å². The van der Waals surface area contributed by atoms with Crippen molar-refractivity contribution in [2.45, 2.75) is 12.1 Å². The second kappa shape index (κ2) is 8.21. The van der Waals surface area contributed by atoms with Crippen molar-refractivity contribution in [1.82, 2.24) is 5.32 Å². The van der Waals surface area contributed by atoms with E-state index in [1.54, 1.807) is 18.2 Å². The fraction of sp³-hybridized carbons (Fsp3) is 0.0833. The fourth-order valence-electron chi connectivity index (χ4n) is 3.47. The first-order valence-electron chi connectivity index (χ1n) is 9.44. The van der Waals surface area contributed by atoms with Crippen LogP contribution in [0.4, 0.5) is 10.1 Å². The number of anilines is 1. The van der Waals surface area contributed by atoms with Crippen LogP contribution in [0.3, 0.4) is 0 Å². The van der Waals surface area contributed by atoms with Crippen LogP contribution >= 0.6 is 0 Å². The van der Waals surface area contributed by atoms with Crippen LogP contribution in [0.1, 0.15) is 17.2 Å². The van der Waals surface area contributed by atoms with Crippen LogP contribution < -0.4 is 10.2 Å². The molecule has 5 nitrogen and oxygen atoms in total. The molecule has 0 spiro atoms. The third kappa shape index (κ3) is 3.93. The number of carbonyl (C=O) groups is 2. The monoisotopic (exact) mass is 402 g/mol. The van der Waals surface area contributed by atoms with Crippen LogP contribution in [0.15, 0.2) is 84.9 Å². The largest absolute Gasteiger partial charge is 0.508 e. The first-order valence-corrected chi connectivity index (χ1v) is 9.44. The summed E-state index contributed by atoms with van der Waals surface area (Å²) in [7, 11) is 0. The predicted octanol–water partition coefficient (Wildman–Crippen LogP) is 3.82. The van der Waals surface area contributed by atoms with Gasteiger partial charge >= 0.3 is 0 Å². The van der Waals surface area contributed by atoms with Gasteiger partial charge in [-0.3, -0.25) is 9.59 Å². The number of halogens is 1. The first kappa shape index (κ1) is 19.4. The smallest absolute Gasteiger partial charge is 0.252 e. The van der Waals surface area contributed by atoms with Gasteiger partial charge in [-0.1, -0.05) is 42.5 Å². The Morgan fingerprint density at radius 1 is 0.967 bits per heavy atom. The number of amides is 2. The van der Waals surface area contributed by atoms with Gasteiger partial charge in [-0.05, 0) is 53.6 Å². The molecule has 2 amide bonds. The summed E-state index contributed by atoms with van der Waals surface area (Å²) in [6, 6.07) is 20.2. The van der Waals surface area contributed by atoms with Crippen molar-refractivity contribution >= 4 is 23.6 Å². The molecular formula is C24H19FN2O3. The lowest BCUT2D eigenvalue weighted by Crippen LogP contribution is -2.65. The van der Waals surface area contributed by atoms with Crippen molar-refractivity contribution in [3.8, 4) is 5.75 Å². The number of hydrogen-bond acceptors (Lipinski definition) is 3. The average Bonchev–Trinajstić information content (AvgIpc) is 2.77. The fourth-order valence-corrected chi connectivity index (χ4v) is 3.47. The van der Waals surface area contributed by atoms with Gasteiger partial charge in [0.1, 0.15) is 17.6 Å². The summed E-state index contributed by atoms with van der Waals surface area (Å²) in [6.45, 7) is 0. The number of nitrogens with one attached hydrogen (secondary N) is 1. The summed E-state index contributed by atoms with van der Waals surface area (Å²) in [5.74, 6) is -0.978. The number of rotatable bonds is 5. The number of β-lactam (4-membered cyclic amide) rings is 1. The molecule has 3 aromatic rings. The normalized spacial score (nSPS) is 18.3. The van der Waals surface area contributed by atoms with Crippen molar-refractivity contribution < 1.29 is 19.1 Å². The zero-order chi connectivity index (χ0) is 21.1. The number of carbonyl (C=O) groups excluding carboxylic acids is 2. The SMILES string of the molecule is O=C(C=Cc1ccccc1)N[C@H]1C(=O)N(c2ccc(F)cc2)[C@@H]1c1ccc(O)cc1. The molecule has 1 aliphatic heterocycles. The van der Waals surface area contributed by atoms with Gasteiger partial charge in [0.15, 0.2) is 0 Å². The Balaban J connectivity index is 1.57. The van der Waals surface area contributed by atoms with Gasteiger partial charge in [0.05, 0.1) is 6.04 Å². The molecule has 0 radical (unpaired) electrons. The van der Waals surface area contributed by atoms with Crippen LogP contribution in [0.2, 0.25) is 0 Å². The zero-order valence-electron chi connectivity index (χ0n) is 15.9. The van der Waals surface area contributed by atoms with E-state index in [0.717, 1.165) is 11.1 Å². The Bertz CT molecular complexity index is 1080. The van der Waals surface area contributed by atoms with E-state index < -0.39 is 17.9 Å². The third-order valence-electron chi connectivity index (χ3n) is 4.96. The molecule has 1 aliphatic rings. The van der Waals surface area contributed by atoms with Gasteiger partial charge in [-0.2, -0.15) is 0 Å².